The maximum absolute atomic E-state index is 3.29. The van der Waals surface area contributed by atoms with Crippen molar-refractivity contribution < 1.29 is 0 Å². The summed E-state index contributed by atoms with van der Waals surface area (Å²) in [7, 11) is 3.29. The van der Waals surface area contributed by atoms with E-state index in [2.05, 4.69) is 17.2 Å². The Morgan fingerprint density at radius 3 is 1.29 bits per heavy atom. The van der Waals surface area contributed by atoms with Crippen molar-refractivity contribution in [2.24, 2.45) is 0 Å². The fourth-order valence-corrected chi connectivity index (χ4v) is 0. The first-order valence-electron chi connectivity index (χ1n) is 1.56. The summed E-state index contributed by atoms with van der Waals surface area (Å²) in [5.41, 5.74) is 0. The first-order valence-corrected chi connectivity index (χ1v) is 2.27. The molecule has 0 aromatic carbocycles. The molecule has 0 heterocycles. The van der Waals surface area contributed by atoms with Gasteiger partial charge in [0.15, 0.2) is 0 Å². The average Bonchev–Trinajstić information content (AvgIpc) is 1.37. The molecule has 0 rings (SSSR count). The second-order valence-corrected chi connectivity index (χ2v) is 1.25. The zero-order chi connectivity index (χ0) is 3.41. The fraction of sp³-hybridized carbons (Fsp3) is 1.00. The van der Waals surface area contributed by atoms with E-state index >= 15 is 0 Å². The Kier molecular flexibility index (Phi) is 84.8. The SMILES string of the molecule is Br.Br.Br.CCC[Si]. The van der Waals surface area contributed by atoms with Crippen LogP contribution in [-0.2, 0) is 0 Å². The molecule has 0 saturated carbocycles. The highest BCUT2D eigenvalue weighted by Crippen LogP contribution is 1.73. The molecule has 0 aromatic rings. The van der Waals surface area contributed by atoms with Gasteiger partial charge in [0, 0.05) is 10.2 Å². The highest BCUT2D eigenvalue weighted by Gasteiger charge is 1.57. The molecule has 0 amide bonds. The molecule has 0 saturated heterocycles. The molecule has 0 fully saturated rings. The van der Waals surface area contributed by atoms with E-state index in [-0.39, 0.29) is 50.9 Å². The third-order valence-corrected chi connectivity index (χ3v) is 0.750. The van der Waals surface area contributed by atoms with Crippen LogP contribution in [0.5, 0.6) is 0 Å². The van der Waals surface area contributed by atoms with E-state index in [0.717, 1.165) is 6.04 Å². The lowest BCUT2D eigenvalue weighted by Crippen LogP contribution is -1.55. The Bertz CT molecular complexity index is 12.1. The number of rotatable bonds is 1. The maximum Gasteiger partial charge on any atom is 0.0222 e. The standard InChI is InChI=1S/C3H7Si.3BrH/c1-2-3-4;;;/h2-3H2,1H3;3*1H. The monoisotopic (exact) mass is 311 g/mol. The van der Waals surface area contributed by atoms with Crippen molar-refractivity contribution in [3.63, 3.8) is 0 Å². The van der Waals surface area contributed by atoms with E-state index < -0.39 is 0 Å². The van der Waals surface area contributed by atoms with Gasteiger partial charge in [-0.3, -0.25) is 0 Å². The summed E-state index contributed by atoms with van der Waals surface area (Å²) in [6, 6.07) is 1.12. The first-order chi connectivity index (χ1) is 1.91. The van der Waals surface area contributed by atoms with Gasteiger partial charge < -0.3 is 0 Å². The lowest BCUT2D eigenvalue weighted by atomic mass is 10.6. The molecular weight excluding hydrogens is 304 g/mol. The van der Waals surface area contributed by atoms with Crippen LogP contribution in [0.1, 0.15) is 13.3 Å². The minimum Gasteiger partial charge on any atom is -0.114 e. The zero-order valence-electron chi connectivity index (χ0n) is 4.14. The van der Waals surface area contributed by atoms with Crippen molar-refractivity contribution >= 4 is 61.2 Å². The van der Waals surface area contributed by atoms with Gasteiger partial charge in [-0.1, -0.05) is 19.4 Å². The third kappa shape index (κ3) is 34.7. The van der Waals surface area contributed by atoms with Crippen molar-refractivity contribution in [1.29, 1.82) is 0 Å². The molecular formula is C3H10Br3Si. The lowest BCUT2D eigenvalue weighted by molar-refractivity contribution is 1.08. The van der Waals surface area contributed by atoms with E-state index in [1.165, 1.54) is 6.42 Å². The van der Waals surface area contributed by atoms with Crippen LogP contribution in [0.15, 0.2) is 0 Å². The summed E-state index contributed by atoms with van der Waals surface area (Å²) >= 11 is 0. The van der Waals surface area contributed by atoms with Gasteiger partial charge in [-0.05, 0) is 0 Å². The highest BCUT2D eigenvalue weighted by atomic mass is 79.9. The molecule has 0 atom stereocenters. The Labute approximate surface area is 80.2 Å². The third-order valence-electron chi connectivity index (χ3n) is 0.250. The molecule has 0 N–H and O–H groups in total. The van der Waals surface area contributed by atoms with E-state index in [9.17, 15) is 0 Å². The number of hydrogen-bond donors (Lipinski definition) is 0. The molecule has 0 bridgehead atoms. The largest absolute Gasteiger partial charge is 0.114 e. The topological polar surface area (TPSA) is 0 Å². The van der Waals surface area contributed by atoms with E-state index in [4.69, 9.17) is 0 Å². The van der Waals surface area contributed by atoms with Crippen molar-refractivity contribution in [3.8, 4) is 0 Å². The Morgan fingerprint density at radius 2 is 1.29 bits per heavy atom. The van der Waals surface area contributed by atoms with Gasteiger partial charge in [0.2, 0.25) is 0 Å². The van der Waals surface area contributed by atoms with Crippen LogP contribution >= 0.6 is 50.9 Å². The summed E-state index contributed by atoms with van der Waals surface area (Å²) in [5.74, 6) is 0. The van der Waals surface area contributed by atoms with Crippen LogP contribution in [0.25, 0.3) is 0 Å². The average molecular weight is 314 g/mol. The van der Waals surface area contributed by atoms with Gasteiger partial charge in [-0.2, -0.15) is 0 Å². The van der Waals surface area contributed by atoms with Crippen molar-refractivity contribution in [1.82, 2.24) is 0 Å². The molecule has 0 aromatic heterocycles. The van der Waals surface area contributed by atoms with Crippen LogP contribution in [0, 0.1) is 0 Å². The van der Waals surface area contributed by atoms with Crippen LogP contribution in [0.3, 0.4) is 0 Å². The molecule has 0 spiro atoms. The summed E-state index contributed by atoms with van der Waals surface area (Å²) in [4.78, 5) is 0. The molecule has 0 unspecified atom stereocenters. The minimum absolute atomic E-state index is 0. The fourth-order valence-electron chi connectivity index (χ4n) is 0. The van der Waals surface area contributed by atoms with Gasteiger partial charge >= 0.3 is 0 Å². The quantitative estimate of drug-likeness (QED) is 0.653. The van der Waals surface area contributed by atoms with Gasteiger partial charge in [0.1, 0.15) is 0 Å². The predicted molar refractivity (Wildman–Crippen MR) is 51.8 cm³/mol. The molecule has 0 aliphatic heterocycles. The van der Waals surface area contributed by atoms with Gasteiger partial charge in [-0.25, -0.2) is 0 Å². The predicted octanol–water partition coefficient (Wildman–Crippen LogP) is 2.72. The van der Waals surface area contributed by atoms with Crippen molar-refractivity contribution in [3.05, 3.63) is 0 Å². The Hall–Kier alpha value is 1.66. The van der Waals surface area contributed by atoms with Crippen LogP contribution < -0.4 is 0 Å². The van der Waals surface area contributed by atoms with Crippen LogP contribution in [0.2, 0.25) is 6.04 Å². The smallest absolute Gasteiger partial charge is 0.0222 e. The van der Waals surface area contributed by atoms with Crippen molar-refractivity contribution in [2.45, 2.75) is 19.4 Å². The normalized spacial score (nSPS) is 4.29. The zero-order valence-corrected chi connectivity index (χ0v) is 10.3. The number of hydrogen-bond acceptors (Lipinski definition) is 0. The summed E-state index contributed by atoms with van der Waals surface area (Å²) in [6.07, 6.45) is 1.23. The van der Waals surface area contributed by atoms with E-state index in [1.54, 1.807) is 0 Å². The molecule has 0 nitrogen and oxygen atoms in total. The summed E-state index contributed by atoms with van der Waals surface area (Å²) in [5, 5.41) is 0. The molecule has 47 valence electrons. The minimum atomic E-state index is 0. The second kappa shape index (κ2) is 25.4. The first kappa shape index (κ1) is 23.4. The van der Waals surface area contributed by atoms with E-state index in [1.807, 2.05) is 0 Å². The number of halogens is 3. The van der Waals surface area contributed by atoms with Gasteiger partial charge in [-0.15, -0.1) is 50.9 Å². The highest BCUT2D eigenvalue weighted by molar-refractivity contribution is 8.93. The van der Waals surface area contributed by atoms with Crippen LogP contribution in [0.4, 0.5) is 0 Å². The maximum atomic E-state index is 3.29. The van der Waals surface area contributed by atoms with Gasteiger partial charge in [0.25, 0.3) is 0 Å². The van der Waals surface area contributed by atoms with Crippen LogP contribution in [-0.4, -0.2) is 10.2 Å². The van der Waals surface area contributed by atoms with Crippen molar-refractivity contribution in [2.75, 3.05) is 0 Å². The molecule has 7 heavy (non-hydrogen) atoms. The Balaban J connectivity index is -0.0000000150. The molecule has 3 radical (unpaired) electrons. The molecule has 0 aliphatic carbocycles. The summed E-state index contributed by atoms with van der Waals surface area (Å²) in [6.45, 7) is 2.13. The summed E-state index contributed by atoms with van der Waals surface area (Å²) < 4.78 is 0. The molecule has 0 aliphatic rings. The van der Waals surface area contributed by atoms with E-state index in [0.29, 0.717) is 0 Å². The lowest BCUT2D eigenvalue weighted by Gasteiger charge is -1.67. The Morgan fingerprint density at radius 1 is 1.14 bits per heavy atom. The van der Waals surface area contributed by atoms with Gasteiger partial charge in [0.05, 0.1) is 0 Å². The molecule has 4 heteroatoms. The second-order valence-electron chi connectivity index (χ2n) is 0.750.